The second kappa shape index (κ2) is 6.09. The number of benzene rings is 1. The minimum absolute atomic E-state index is 0.0144. The van der Waals surface area contributed by atoms with Crippen LogP contribution in [0.2, 0.25) is 0 Å². The molecule has 21 heavy (non-hydrogen) atoms. The van der Waals surface area contributed by atoms with Gasteiger partial charge in [-0.15, -0.1) is 6.58 Å². The van der Waals surface area contributed by atoms with Crippen LogP contribution in [0.4, 0.5) is 5.69 Å². The lowest BCUT2D eigenvalue weighted by atomic mass is 10.1. The number of aromatic nitrogens is 1. The zero-order chi connectivity index (χ0) is 15.4. The van der Waals surface area contributed by atoms with Crippen LogP contribution in [0.25, 0.3) is 11.3 Å². The third-order valence-corrected chi connectivity index (χ3v) is 3.50. The van der Waals surface area contributed by atoms with Crippen molar-refractivity contribution in [3.63, 3.8) is 0 Å². The van der Waals surface area contributed by atoms with Crippen molar-refractivity contribution in [1.29, 1.82) is 0 Å². The van der Waals surface area contributed by atoms with Gasteiger partial charge in [0.1, 0.15) is 0 Å². The average molecular weight is 306 g/mol. The van der Waals surface area contributed by atoms with Gasteiger partial charge in [0.15, 0.2) is 5.03 Å². The number of nitro groups is 2. The quantitative estimate of drug-likeness (QED) is 0.480. The van der Waals surface area contributed by atoms with Crippen LogP contribution in [0.15, 0.2) is 47.4 Å². The molecule has 2 aromatic rings. The molecule has 0 atom stereocenters. The molecule has 0 spiro atoms. The van der Waals surface area contributed by atoms with E-state index in [0.717, 1.165) is 11.3 Å². The molecule has 0 radical (unpaired) electrons. The van der Waals surface area contributed by atoms with Crippen molar-refractivity contribution >= 4 is 17.0 Å². The zero-order valence-electron chi connectivity index (χ0n) is 10.7. The van der Waals surface area contributed by atoms with Gasteiger partial charge >= 0.3 is 0 Å². The largest absolute Gasteiger partial charge is 0.308 e. The molecule has 2 rings (SSSR count). The Morgan fingerprint density at radius 1 is 1.29 bits per heavy atom. The van der Waals surface area contributed by atoms with E-state index >= 15 is 0 Å². The van der Waals surface area contributed by atoms with Gasteiger partial charge in [-0.3, -0.25) is 10.1 Å². The van der Waals surface area contributed by atoms with Crippen molar-refractivity contribution in [2.24, 2.45) is 5.10 Å². The van der Waals surface area contributed by atoms with E-state index in [-0.39, 0.29) is 10.5 Å². The lowest BCUT2D eigenvalue weighted by Gasteiger charge is -2.05. The molecule has 0 aliphatic heterocycles. The Bertz CT molecular complexity index is 760. The van der Waals surface area contributed by atoms with E-state index in [1.165, 1.54) is 12.1 Å². The minimum atomic E-state index is -0.759. The predicted octanol–water partition coefficient (Wildman–Crippen LogP) is 2.40. The summed E-state index contributed by atoms with van der Waals surface area (Å²) in [5.74, 6) is 0. The molecule has 0 unspecified atom stereocenters. The first-order valence-corrected chi connectivity index (χ1v) is 6.64. The summed E-state index contributed by atoms with van der Waals surface area (Å²) in [6.07, 6.45) is 1.60. The Kier molecular flexibility index (Phi) is 4.24. The first-order valence-electron chi connectivity index (χ1n) is 5.76. The number of nitrogens with zero attached hydrogens (tertiary/aromatic N) is 4. The van der Waals surface area contributed by atoms with E-state index in [1.54, 1.807) is 28.2 Å². The first-order chi connectivity index (χ1) is 10.0. The number of rotatable bonds is 5. The predicted molar refractivity (Wildman–Crippen MR) is 77.2 cm³/mol. The Balaban J connectivity index is 2.53. The van der Waals surface area contributed by atoms with E-state index in [1.807, 2.05) is 0 Å². The van der Waals surface area contributed by atoms with Gasteiger partial charge in [-0.1, -0.05) is 17.4 Å². The van der Waals surface area contributed by atoms with Crippen LogP contribution < -0.4 is 4.80 Å². The molecular formula is C12H10N4O4S. The lowest BCUT2D eigenvalue weighted by Crippen LogP contribution is -2.16. The van der Waals surface area contributed by atoms with Gasteiger partial charge in [-0.2, -0.15) is 0 Å². The van der Waals surface area contributed by atoms with Crippen LogP contribution in [0.5, 0.6) is 0 Å². The molecule has 0 aliphatic rings. The molecule has 0 amide bonds. The Labute approximate surface area is 122 Å². The van der Waals surface area contributed by atoms with E-state index in [4.69, 9.17) is 0 Å². The molecule has 0 bridgehead atoms. The third-order valence-electron chi connectivity index (χ3n) is 2.65. The van der Waals surface area contributed by atoms with Crippen LogP contribution in [-0.4, -0.2) is 14.5 Å². The summed E-state index contributed by atoms with van der Waals surface area (Å²) in [4.78, 5) is 20.9. The number of nitro benzene ring substituents is 1. The molecule has 1 aromatic heterocycles. The number of non-ortho nitro benzene ring substituents is 1. The van der Waals surface area contributed by atoms with E-state index < -0.39 is 9.96 Å². The summed E-state index contributed by atoms with van der Waals surface area (Å²) in [7, 11) is 0. The highest BCUT2D eigenvalue weighted by Crippen LogP contribution is 2.23. The van der Waals surface area contributed by atoms with E-state index in [9.17, 15) is 20.2 Å². The van der Waals surface area contributed by atoms with Gasteiger partial charge < -0.3 is 4.57 Å². The first kappa shape index (κ1) is 14.6. The van der Waals surface area contributed by atoms with Crippen LogP contribution in [0.1, 0.15) is 0 Å². The van der Waals surface area contributed by atoms with Gasteiger partial charge in [0.25, 0.3) is 10.5 Å². The third kappa shape index (κ3) is 3.20. The summed E-state index contributed by atoms with van der Waals surface area (Å²) in [6, 6.07) is 5.95. The summed E-state index contributed by atoms with van der Waals surface area (Å²) in [5.41, 5.74) is 1.39. The van der Waals surface area contributed by atoms with Gasteiger partial charge in [0, 0.05) is 24.1 Å². The van der Waals surface area contributed by atoms with Crippen LogP contribution in [-0.2, 0) is 6.54 Å². The molecule has 108 valence electrons. The second-order valence-electron chi connectivity index (χ2n) is 3.94. The maximum absolute atomic E-state index is 10.6. The normalized spacial score (nSPS) is 11.3. The molecule has 1 heterocycles. The molecule has 8 nitrogen and oxygen atoms in total. The topological polar surface area (TPSA) is 104 Å². The standard InChI is InChI=1S/C12H10N4O4S/c1-2-7-14-11(8-21-12(14)13-16(19)20)9-3-5-10(6-4-9)15(17)18/h2-6,8H,1,7H2/b13-12+. The zero-order valence-corrected chi connectivity index (χ0v) is 11.5. The highest BCUT2D eigenvalue weighted by molar-refractivity contribution is 7.07. The fourth-order valence-corrected chi connectivity index (χ4v) is 2.66. The Hall–Kier alpha value is -2.81. The van der Waals surface area contributed by atoms with Gasteiger partial charge in [0.05, 0.1) is 15.7 Å². The highest BCUT2D eigenvalue weighted by atomic mass is 32.1. The molecule has 1 aromatic carbocycles. The average Bonchev–Trinajstić information content (AvgIpc) is 2.82. The maximum atomic E-state index is 10.6. The molecule has 0 fully saturated rings. The van der Waals surface area contributed by atoms with Gasteiger partial charge in [0.2, 0.25) is 0 Å². The monoisotopic (exact) mass is 306 g/mol. The van der Waals surface area contributed by atoms with E-state index in [2.05, 4.69) is 11.7 Å². The van der Waals surface area contributed by atoms with E-state index in [0.29, 0.717) is 17.8 Å². The molecule has 0 N–H and O–H groups in total. The minimum Gasteiger partial charge on any atom is -0.308 e. The highest BCUT2D eigenvalue weighted by Gasteiger charge is 2.11. The molecular weight excluding hydrogens is 296 g/mol. The fourth-order valence-electron chi connectivity index (χ4n) is 1.77. The van der Waals surface area contributed by atoms with Crippen molar-refractivity contribution in [2.45, 2.75) is 6.54 Å². The molecule has 9 heteroatoms. The molecule has 0 aliphatic carbocycles. The number of hydrogen-bond donors (Lipinski definition) is 0. The molecule has 0 saturated carbocycles. The number of hydrogen-bond acceptors (Lipinski definition) is 5. The summed E-state index contributed by atoms with van der Waals surface area (Å²) in [5, 5.41) is 25.4. The summed E-state index contributed by atoms with van der Waals surface area (Å²) < 4.78 is 1.63. The molecule has 0 saturated heterocycles. The summed E-state index contributed by atoms with van der Waals surface area (Å²) >= 11 is 1.12. The van der Waals surface area contributed by atoms with Crippen LogP contribution >= 0.6 is 11.3 Å². The smallest absolute Gasteiger partial charge is 0.269 e. The van der Waals surface area contributed by atoms with Crippen molar-refractivity contribution in [3.05, 3.63) is 67.3 Å². The van der Waals surface area contributed by atoms with Crippen molar-refractivity contribution < 1.29 is 9.96 Å². The second-order valence-corrected chi connectivity index (χ2v) is 4.78. The SMILES string of the molecule is C=CCn1c(-c2ccc([N+](=O)[O-])cc2)cs/c1=N/[N+](=O)[O-]. The Morgan fingerprint density at radius 2 is 1.95 bits per heavy atom. The van der Waals surface area contributed by atoms with Crippen molar-refractivity contribution in [3.8, 4) is 11.3 Å². The number of thiazole rings is 1. The van der Waals surface area contributed by atoms with Crippen molar-refractivity contribution in [1.82, 2.24) is 4.57 Å². The Morgan fingerprint density at radius 3 is 2.48 bits per heavy atom. The van der Waals surface area contributed by atoms with Crippen LogP contribution in [0, 0.1) is 20.2 Å². The maximum Gasteiger partial charge on any atom is 0.269 e. The van der Waals surface area contributed by atoms with Gasteiger partial charge in [-0.05, 0) is 17.7 Å². The van der Waals surface area contributed by atoms with Crippen LogP contribution in [0.3, 0.4) is 0 Å². The van der Waals surface area contributed by atoms with Gasteiger partial charge in [-0.25, -0.2) is 10.1 Å². The fraction of sp³-hybridized carbons (Fsp3) is 0.0833. The summed E-state index contributed by atoms with van der Waals surface area (Å²) in [6.45, 7) is 3.96. The van der Waals surface area contributed by atoms with Crippen molar-refractivity contribution in [2.75, 3.05) is 0 Å². The lowest BCUT2D eigenvalue weighted by molar-refractivity contribution is -0.490. The number of allylic oxidation sites excluding steroid dienone is 1.